The van der Waals surface area contributed by atoms with E-state index in [-0.39, 0.29) is 17.9 Å². The topological polar surface area (TPSA) is 63.6 Å². The predicted octanol–water partition coefficient (Wildman–Crippen LogP) is 5.80. The quantitative estimate of drug-likeness (QED) is 0.527. The number of urea groups is 1. The minimum absolute atomic E-state index is 0.106. The number of aryl methyl sites for hydroxylation is 2. The Kier molecular flexibility index (Phi) is 6.13. The molecule has 1 N–H and O–H groups in total. The summed E-state index contributed by atoms with van der Waals surface area (Å²) in [6.45, 7) is 11.9. The number of hydrogen-bond donors (Lipinski definition) is 1. The number of carbonyl (C=O) groups excluding carboxylic acids is 2. The first-order valence-electron chi connectivity index (χ1n) is 11.6. The molecule has 32 heavy (non-hydrogen) atoms. The van der Waals surface area contributed by atoms with Crippen LogP contribution in [0.25, 0.3) is 21.8 Å². The first-order chi connectivity index (χ1) is 15.3. The van der Waals surface area contributed by atoms with Gasteiger partial charge in [0.25, 0.3) is 0 Å². The van der Waals surface area contributed by atoms with E-state index in [2.05, 4.69) is 67.9 Å². The smallest absolute Gasteiger partial charge is 0.321 e. The van der Waals surface area contributed by atoms with Crippen LogP contribution < -0.4 is 5.32 Å². The second-order valence-electron chi connectivity index (χ2n) is 9.01. The van der Waals surface area contributed by atoms with Crippen LogP contribution in [0.2, 0.25) is 0 Å². The van der Waals surface area contributed by atoms with Crippen molar-refractivity contribution in [3.63, 3.8) is 0 Å². The number of piperidine rings is 1. The van der Waals surface area contributed by atoms with Gasteiger partial charge in [-0.2, -0.15) is 0 Å². The molecule has 1 aromatic heterocycles. The Morgan fingerprint density at radius 2 is 1.81 bits per heavy atom. The fourth-order valence-electron chi connectivity index (χ4n) is 5.03. The molecular weight excluding hydrogens is 402 g/mol. The van der Waals surface area contributed by atoms with Gasteiger partial charge in [0.05, 0.1) is 18.0 Å². The number of ether oxygens (including phenoxy) is 1. The van der Waals surface area contributed by atoms with Crippen LogP contribution in [-0.2, 0) is 9.53 Å². The van der Waals surface area contributed by atoms with Gasteiger partial charge in [0, 0.05) is 41.1 Å². The van der Waals surface area contributed by atoms with Crippen molar-refractivity contribution in [2.45, 2.75) is 53.5 Å². The molecule has 1 fully saturated rings. The zero-order valence-electron chi connectivity index (χ0n) is 19.7. The maximum absolute atomic E-state index is 13.1. The Bertz CT molecular complexity index is 1170. The fraction of sp³-hybridized carbons (Fsp3) is 0.462. The normalized spacial score (nSPS) is 15.0. The van der Waals surface area contributed by atoms with E-state index in [1.54, 1.807) is 4.90 Å². The highest BCUT2D eigenvalue weighted by molar-refractivity contribution is 6.12. The molecule has 4 rings (SSSR count). The Labute approximate surface area is 189 Å². The Hall–Kier alpha value is -3.02. The lowest BCUT2D eigenvalue weighted by Crippen LogP contribution is -2.43. The van der Waals surface area contributed by atoms with E-state index in [1.165, 1.54) is 21.8 Å². The number of amides is 2. The van der Waals surface area contributed by atoms with E-state index >= 15 is 0 Å². The van der Waals surface area contributed by atoms with Gasteiger partial charge in [0.1, 0.15) is 0 Å². The van der Waals surface area contributed by atoms with Crippen molar-refractivity contribution in [3.8, 4) is 0 Å². The average molecular weight is 436 g/mol. The van der Waals surface area contributed by atoms with Crippen LogP contribution in [0, 0.1) is 19.8 Å². The monoisotopic (exact) mass is 435 g/mol. The lowest BCUT2D eigenvalue weighted by Gasteiger charge is -2.31. The number of fused-ring (bicyclic) bond motifs is 3. The van der Waals surface area contributed by atoms with Crippen molar-refractivity contribution >= 4 is 39.5 Å². The summed E-state index contributed by atoms with van der Waals surface area (Å²) in [6.07, 6.45) is 1.29. The first-order valence-corrected chi connectivity index (χ1v) is 11.6. The standard InChI is InChI=1S/C26H33N3O3/c1-6-32-25(30)19-11-13-28(14-12-19)26(31)27-24-17(4)15-22-23(18(24)5)20-9-7-8-10-21(20)29(22)16(2)3/h7-10,15-16,19H,6,11-14H2,1-5H3,(H,27,31). The van der Waals surface area contributed by atoms with Crippen LogP contribution >= 0.6 is 0 Å². The SMILES string of the molecule is CCOC(=O)C1CCN(C(=O)Nc2c(C)cc3c(c2C)c2ccccc2n3C(C)C)CC1. The van der Waals surface area contributed by atoms with Crippen LogP contribution in [0.4, 0.5) is 10.5 Å². The average Bonchev–Trinajstić information content (AvgIpc) is 3.11. The zero-order valence-corrected chi connectivity index (χ0v) is 19.7. The number of para-hydroxylation sites is 1. The van der Waals surface area contributed by atoms with Crippen molar-refractivity contribution in [3.05, 3.63) is 41.5 Å². The van der Waals surface area contributed by atoms with Crippen LogP contribution in [0.15, 0.2) is 30.3 Å². The van der Waals surface area contributed by atoms with E-state index in [0.717, 1.165) is 16.8 Å². The van der Waals surface area contributed by atoms with E-state index < -0.39 is 0 Å². The van der Waals surface area contributed by atoms with E-state index in [0.29, 0.717) is 38.6 Å². The predicted molar refractivity (Wildman–Crippen MR) is 129 cm³/mol. The van der Waals surface area contributed by atoms with Gasteiger partial charge in [0.2, 0.25) is 0 Å². The third-order valence-electron chi connectivity index (χ3n) is 6.60. The number of hydrogen-bond acceptors (Lipinski definition) is 3. The number of benzene rings is 2. The maximum atomic E-state index is 13.1. The number of likely N-dealkylation sites (tertiary alicyclic amines) is 1. The summed E-state index contributed by atoms with van der Waals surface area (Å²) in [5.74, 6) is -0.257. The molecule has 0 unspecified atom stereocenters. The molecule has 0 radical (unpaired) electrons. The molecule has 3 aromatic rings. The summed E-state index contributed by atoms with van der Waals surface area (Å²) >= 11 is 0. The minimum Gasteiger partial charge on any atom is -0.466 e. The molecule has 0 saturated carbocycles. The van der Waals surface area contributed by atoms with Crippen LogP contribution in [0.1, 0.15) is 50.8 Å². The second kappa shape index (κ2) is 8.85. The van der Waals surface area contributed by atoms with Crippen molar-refractivity contribution in [2.24, 2.45) is 5.92 Å². The number of nitrogens with zero attached hydrogens (tertiary/aromatic N) is 2. The molecule has 1 aliphatic rings. The molecule has 2 aromatic carbocycles. The molecule has 1 saturated heterocycles. The molecule has 170 valence electrons. The minimum atomic E-state index is -0.147. The van der Waals surface area contributed by atoms with E-state index in [9.17, 15) is 9.59 Å². The lowest BCUT2D eigenvalue weighted by atomic mass is 9.97. The number of nitrogens with one attached hydrogen (secondary N) is 1. The molecule has 6 heteroatoms. The summed E-state index contributed by atoms with van der Waals surface area (Å²) in [6, 6.07) is 10.9. The van der Waals surface area contributed by atoms with Gasteiger partial charge in [-0.1, -0.05) is 18.2 Å². The van der Waals surface area contributed by atoms with Crippen molar-refractivity contribution in [2.75, 3.05) is 25.0 Å². The molecule has 0 spiro atoms. The molecule has 6 nitrogen and oxygen atoms in total. The van der Waals surface area contributed by atoms with Gasteiger partial charge >= 0.3 is 12.0 Å². The lowest BCUT2D eigenvalue weighted by molar-refractivity contribution is -0.149. The fourth-order valence-corrected chi connectivity index (χ4v) is 5.03. The first kappa shape index (κ1) is 22.2. The molecule has 2 heterocycles. The number of anilines is 1. The number of carbonyl (C=O) groups is 2. The summed E-state index contributed by atoms with van der Waals surface area (Å²) in [7, 11) is 0. The van der Waals surface area contributed by atoms with Crippen molar-refractivity contribution in [1.29, 1.82) is 0 Å². The molecule has 0 aliphatic carbocycles. The largest absolute Gasteiger partial charge is 0.466 e. The highest BCUT2D eigenvalue weighted by Gasteiger charge is 2.29. The number of aromatic nitrogens is 1. The van der Waals surface area contributed by atoms with Crippen LogP contribution in [-0.4, -0.2) is 41.2 Å². The molecule has 0 atom stereocenters. The van der Waals surface area contributed by atoms with Gasteiger partial charge in [-0.15, -0.1) is 0 Å². The zero-order chi connectivity index (χ0) is 23.0. The van der Waals surface area contributed by atoms with Crippen molar-refractivity contribution < 1.29 is 14.3 Å². The third kappa shape index (κ3) is 3.83. The van der Waals surface area contributed by atoms with Gasteiger partial charge in [-0.25, -0.2) is 4.79 Å². The highest BCUT2D eigenvalue weighted by Crippen LogP contribution is 2.38. The second-order valence-corrected chi connectivity index (χ2v) is 9.01. The van der Waals surface area contributed by atoms with E-state index in [4.69, 9.17) is 4.74 Å². The van der Waals surface area contributed by atoms with Gasteiger partial charge < -0.3 is 19.5 Å². The number of esters is 1. The van der Waals surface area contributed by atoms with Gasteiger partial charge in [0.15, 0.2) is 0 Å². The van der Waals surface area contributed by atoms with Crippen LogP contribution in [0.5, 0.6) is 0 Å². The third-order valence-corrected chi connectivity index (χ3v) is 6.60. The summed E-state index contributed by atoms with van der Waals surface area (Å²) in [5, 5.41) is 5.57. The van der Waals surface area contributed by atoms with Gasteiger partial charge in [-0.05, 0) is 70.7 Å². The molecule has 1 aliphatic heterocycles. The Morgan fingerprint density at radius 1 is 1.12 bits per heavy atom. The van der Waals surface area contributed by atoms with Crippen LogP contribution in [0.3, 0.4) is 0 Å². The molecule has 0 bridgehead atoms. The van der Waals surface area contributed by atoms with Gasteiger partial charge in [-0.3, -0.25) is 4.79 Å². The molecular formula is C26H33N3O3. The maximum Gasteiger partial charge on any atom is 0.321 e. The summed E-state index contributed by atoms with van der Waals surface area (Å²) in [5.41, 5.74) is 5.43. The van der Waals surface area contributed by atoms with Crippen molar-refractivity contribution in [1.82, 2.24) is 9.47 Å². The van der Waals surface area contributed by atoms with E-state index in [1.807, 2.05) is 6.92 Å². The Morgan fingerprint density at radius 3 is 2.47 bits per heavy atom. The number of rotatable bonds is 4. The molecule has 2 amide bonds. The summed E-state index contributed by atoms with van der Waals surface area (Å²) < 4.78 is 7.51. The Balaban J connectivity index is 1.62. The summed E-state index contributed by atoms with van der Waals surface area (Å²) in [4.78, 5) is 26.9. The highest BCUT2D eigenvalue weighted by atomic mass is 16.5.